The summed E-state index contributed by atoms with van der Waals surface area (Å²) in [6.45, 7) is 1.99. The number of nitrogens with one attached hydrogen (secondary N) is 2. The molecular weight excluding hydrogens is 474 g/mol. The largest absolute Gasteiger partial charge is 0.449 e. The van der Waals surface area contributed by atoms with Gasteiger partial charge in [0, 0.05) is 26.0 Å². The van der Waals surface area contributed by atoms with Crippen LogP contribution in [0, 0.1) is 12.8 Å². The predicted octanol–water partition coefficient (Wildman–Crippen LogP) is 2.32. The van der Waals surface area contributed by atoms with E-state index in [0.29, 0.717) is 11.5 Å². The van der Waals surface area contributed by atoms with Gasteiger partial charge in [-0.1, -0.05) is 19.3 Å². The van der Waals surface area contributed by atoms with Crippen LogP contribution in [-0.2, 0) is 18.4 Å². The van der Waals surface area contributed by atoms with Gasteiger partial charge in [0.25, 0.3) is 11.8 Å². The Morgan fingerprint density at radius 1 is 1.19 bits per heavy atom. The van der Waals surface area contributed by atoms with Crippen LogP contribution in [-0.4, -0.2) is 50.6 Å². The summed E-state index contributed by atoms with van der Waals surface area (Å²) in [5, 5.41) is 10.8. The number of amides is 3. The lowest BCUT2D eigenvalue weighted by atomic mass is 9.83. The van der Waals surface area contributed by atoms with Gasteiger partial charge in [-0.25, -0.2) is 5.84 Å². The molecule has 3 aromatic heterocycles. The molecular formula is C26H33N7O4. The second kappa shape index (κ2) is 11.4. The molecule has 4 N–H and O–H groups in total. The zero-order valence-electron chi connectivity index (χ0n) is 21.4. The van der Waals surface area contributed by atoms with Crippen molar-refractivity contribution in [3.05, 3.63) is 59.2 Å². The van der Waals surface area contributed by atoms with E-state index in [0.717, 1.165) is 48.4 Å². The Labute approximate surface area is 215 Å². The zero-order valence-corrected chi connectivity index (χ0v) is 21.4. The van der Waals surface area contributed by atoms with Gasteiger partial charge in [-0.05, 0) is 61.6 Å². The van der Waals surface area contributed by atoms with Gasteiger partial charge in [0.05, 0.1) is 6.54 Å². The topological polar surface area (TPSA) is 148 Å². The van der Waals surface area contributed by atoms with Gasteiger partial charge in [0.15, 0.2) is 17.2 Å². The van der Waals surface area contributed by atoms with Crippen molar-refractivity contribution in [2.24, 2.45) is 18.8 Å². The SMILES string of the molecule is CNC(=O)[C@@H](NC(=O)c1ccc(-c2cc(CN(N)C(=O)c3cc(C)n(C)n3)ccn2)o1)C1CCCCC1. The molecule has 0 aromatic carbocycles. The van der Waals surface area contributed by atoms with E-state index < -0.39 is 17.9 Å². The van der Waals surface area contributed by atoms with Crippen molar-refractivity contribution in [1.82, 2.24) is 30.4 Å². The van der Waals surface area contributed by atoms with Crippen molar-refractivity contribution in [3.8, 4) is 11.5 Å². The van der Waals surface area contributed by atoms with Gasteiger partial charge in [-0.2, -0.15) is 5.10 Å². The Hall–Kier alpha value is -3.99. The highest BCUT2D eigenvalue weighted by Gasteiger charge is 2.31. The molecule has 3 heterocycles. The van der Waals surface area contributed by atoms with Crippen LogP contribution in [0.1, 0.15) is 64.4 Å². The lowest BCUT2D eigenvalue weighted by molar-refractivity contribution is -0.124. The summed E-state index contributed by atoms with van der Waals surface area (Å²) < 4.78 is 7.41. The monoisotopic (exact) mass is 507 g/mol. The molecule has 1 aliphatic carbocycles. The molecule has 0 spiro atoms. The highest BCUT2D eigenvalue weighted by molar-refractivity contribution is 5.96. The van der Waals surface area contributed by atoms with E-state index in [-0.39, 0.29) is 29.8 Å². The van der Waals surface area contributed by atoms with Crippen LogP contribution in [0.3, 0.4) is 0 Å². The molecule has 0 radical (unpaired) electrons. The van der Waals surface area contributed by atoms with Crippen molar-refractivity contribution in [1.29, 1.82) is 0 Å². The Morgan fingerprint density at radius 2 is 1.95 bits per heavy atom. The van der Waals surface area contributed by atoms with Crippen molar-refractivity contribution in [2.45, 2.75) is 51.6 Å². The molecule has 0 bridgehead atoms. The van der Waals surface area contributed by atoms with E-state index in [1.165, 1.54) is 0 Å². The lowest BCUT2D eigenvalue weighted by Gasteiger charge is -2.29. The number of carbonyl (C=O) groups excluding carboxylic acids is 3. The minimum Gasteiger partial charge on any atom is -0.449 e. The van der Waals surface area contributed by atoms with E-state index in [2.05, 4.69) is 20.7 Å². The smallest absolute Gasteiger partial charge is 0.288 e. The fourth-order valence-corrected chi connectivity index (χ4v) is 4.62. The Balaban J connectivity index is 1.44. The van der Waals surface area contributed by atoms with Gasteiger partial charge >= 0.3 is 0 Å². The first-order valence-electron chi connectivity index (χ1n) is 12.4. The summed E-state index contributed by atoms with van der Waals surface area (Å²) in [7, 11) is 3.33. The summed E-state index contributed by atoms with van der Waals surface area (Å²) in [5.41, 5.74) is 2.33. The van der Waals surface area contributed by atoms with E-state index in [9.17, 15) is 14.4 Å². The molecule has 3 amide bonds. The molecule has 1 atom stereocenters. The highest BCUT2D eigenvalue weighted by Crippen LogP contribution is 2.27. The number of nitrogens with two attached hydrogens (primary N) is 1. The normalized spacial score (nSPS) is 14.7. The second-order valence-electron chi connectivity index (χ2n) is 9.40. The molecule has 1 fully saturated rings. The number of aromatic nitrogens is 3. The molecule has 0 saturated heterocycles. The third-order valence-corrected chi connectivity index (χ3v) is 6.79. The average molecular weight is 508 g/mol. The Kier molecular flexibility index (Phi) is 8.02. The summed E-state index contributed by atoms with van der Waals surface area (Å²) in [4.78, 5) is 42.4. The van der Waals surface area contributed by atoms with Crippen LogP contribution in [0.4, 0.5) is 0 Å². The van der Waals surface area contributed by atoms with Gasteiger partial charge in [0.2, 0.25) is 5.91 Å². The molecule has 37 heavy (non-hydrogen) atoms. The fraction of sp³-hybridized carbons (Fsp3) is 0.423. The van der Waals surface area contributed by atoms with Crippen LogP contribution in [0.2, 0.25) is 0 Å². The minimum atomic E-state index is -0.608. The number of aryl methyl sites for hydroxylation is 2. The van der Waals surface area contributed by atoms with Gasteiger partial charge in [0.1, 0.15) is 11.7 Å². The molecule has 3 aromatic rings. The number of carbonyl (C=O) groups is 3. The molecule has 4 rings (SSSR count). The first-order chi connectivity index (χ1) is 17.8. The standard InChI is InChI=1S/C26H33N7O4/c1-16-13-20(31-32(16)3)26(36)33(27)15-17-11-12-29-19(14-17)21-9-10-22(37-21)24(34)30-23(25(35)28-2)18-7-5-4-6-8-18/h9-14,18,23H,4-8,15,27H2,1-3H3,(H,28,35)(H,30,34)/t23-/m0/s1. The number of likely N-dealkylation sites (N-methyl/N-ethyl adjacent to an activating group) is 1. The maximum Gasteiger partial charge on any atom is 0.288 e. The van der Waals surface area contributed by atoms with Gasteiger partial charge < -0.3 is 15.1 Å². The van der Waals surface area contributed by atoms with E-state index >= 15 is 0 Å². The Morgan fingerprint density at radius 3 is 2.62 bits per heavy atom. The molecule has 11 nitrogen and oxygen atoms in total. The lowest BCUT2D eigenvalue weighted by Crippen LogP contribution is -2.50. The number of nitrogens with zero attached hydrogens (tertiary/aromatic N) is 4. The number of hydrogen-bond acceptors (Lipinski definition) is 7. The molecule has 1 aliphatic rings. The van der Waals surface area contributed by atoms with E-state index in [4.69, 9.17) is 10.3 Å². The van der Waals surface area contributed by atoms with E-state index in [1.54, 1.807) is 55.3 Å². The van der Waals surface area contributed by atoms with Crippen LogP contribution in [0.5, 0.6) is 0 Å². The predicted molar refractivity (Wildman–Crippen MR) is 136 cm³/mol. The number of pyridine rings is 1. The first-order valence-corrected chi connectivity index (χ1v) is 12.4. The third-order valence-electron chi connectivity index (χ3n) is 6.79. The minimum absolute atomic E-state index is 0.0908. The van der Waals surface area contributed by atoms with Crippen molar-refractivity contribution in [2.75, 3.05) is 7.05 Å². The molecule has 1 saturated carbocycles. The van der Waals surface area contributed by atoms with E-state index in [1.807, 2.05) is 6.92 Å². The summed E-state index contributed by atoms with van der Waals surface area (Å²) in [6.07, 6.45) is 6.64. The second-order valence-corrected chi connectivity index (χ2v) is 9.40. The number of rotatable bonds is 8. The molecule has 196 valence electrons. The average Bonchev–Trinajstić information content (AvgIpc) is 3.54. The number of furan rings is 1. The fourth-order valence-electron chi connectivity index (χ4n) is 4.62. The zero-order chi connectivity index (χ0) is 26.5. The number of hydrogen-bond donors (Lipinski definition) is 3. The van der Waals surface area contributed by atoms with Crippen LogP contribution >= 0.6 is 0 Å². The molecule has 11 heteroatoms. The van der Waals surface area contributed by atoms with Gasteiger partial charge in [-0.15, -0.1) is 0 Å². The number of hydrazine groups is 1. The van der Waals surface area contributed by atoms with Crippen LogP contribution in [0.25, 0.3) is 11.5 Å². The molecule has 0 unspecified atom stereocenters. The van der Waals surface area contributed by atoms with Gasteiger partial charge in [-0.3, -0.25) is 29.1 Å². The highest BCUT2D eigenvalue weighted by atomic mass is 16.4. The maximum absolute atomic E-state index is 12.9. The van der Waals surface area contributed by atoms with Crippen molar-refractivity contribution < 1.29 is 18.8 Å². The third kappa shape index (κ3) is 6.05. The van der Waals surface area contributed by atoms with Crippen molar-refractivity contribution >= 4 is 17.7 Å². The first kappa shape index (κ1) is 26.1. The summed E-state index contributed by atoms with van der Waals surface area (Å²) >= 11 is 0. The Bertz CT molecular complexity index is 1260. The van der Waals surface area contributed by atoms with Crippen LogP contribution in [0.15, 0.2) is 40.9 Å². The molecule has 0 aliphatic heterocycles. The van der Waals surface area contributed by atoms with Crippen molar-refractivity contribution in [3.63, 3.8) is 0 Å². The summed E-state index contributed by atoms with van der Waals surface area (Å²) in [5.74, 6) is 5.54. The maximum atomic E-state index is 12.9. The quantitative estimate of drug-likeness (QED) is 0.241. The summed E-state index contributed by atoms with van der Waals surface area (Å²) in [6, 6.07) is 7.77. The van der Waals surface area contributed by atoms with Crippen LogP contribution < -0.4 is 16.5 Å².